The first kappa shape index (κ1) is 16.6. The van der Waals surface area contributed by atoms with Gasteiger partial charge >= 0.3 is 0 Å². The first-order chi connectivity index (χ1) is 11.7. The maximum absolute atomic E-state index is 13.8. The molecule has 0 fully saturated rings. The Kier molecular flexibility index (Phi) is 5.23. The molecule has 1 heterocycles. The summed E-state index contributed by atoms with van der Waals surface area (Å²) in [6, 6.07) is 10.3. The molecule has 0 aliphatic heterocycles. The molecule has 1 aromatic carbocycles. The summed E-state index contributed by atoms with van der Waals surface area (Å²) in [6.45, 7) is 0.104. The molecular formula is C19H18FNO2S. The average Bonchev–Trinajstić information content (AvgIpc) is 3.22. The number of carbonyl (C=O) groups excluding carboxylic acids is 1. The van der Waals surface area contributed by atoms with Crippen molar-refractivity contribution >= 4 is 23.3 Å². The van der Waals surface area contributed by atoms with Crippen molar-refractivity contribution in [3.05, 3.63) is 65.3 Å². The smallest absolute Gasteiger partial charge is 0.244 e. The lowest BCUT2D eigenvalue weighted by atomic mass is 10.1. The summed E-state index contributed by atoms with van der Waals surface area (Å²) in [6.07, 6.45) is 7.78. The molecule has 1 aliphatic rings. The van der Waals surface area contributed by atoms with Crippen LogP contribution in [-0.4, -0.2) is 23.7 Å². The number of hydrogen-bond donors (Lipinski definition) is 2. The fourth-order valence-corrected chi connectivity index (χ4v) is 3.59. The van der Waals surface area contributed by atoms with E-state index in [4.69, 9.17) is 5.11 Å². The van der Waals surface area contributed by atoms with Crippen molar-refractivity contribution in [1.29, 1.82) is 0 Å². The zero-order valence-electron chi connectivity index (χ0n) is 13.0. The molecule has 5 heteroatoms. The molecule has 2 aromatic rings. The summed E-state index contributed by atoms with van der Waals surface area (Å²) >= 11 is 1.44. The monoisotopic (exact) mass is 343 g/mol. The Morgan fingerprint density at radius 3 is 2.88 bits per heavy atom. The van der Waals surface area contributed by atoms with Crippen LogP contribution in [0, 0.1) is 11.7 Å². The van der Waals surface area contributed by atoms with Crippen molar-refractivity contribution in [3.63, 3.8) is 0 Å². The van der Waals surface area contributed by atoms with Crippen molar-refractivity contribution in [2.45, 2.75) is 12.5 Å². The molecule has 0 saturated carbocycles. The second-order valence-corrected chi connectivity index (χ2v) is 6.81. The van der Waals surface area contributed by atoms with Gasteiger partial charge in [0, 0.05) is 40.0 Å². The third kappa shape index (κ3) is 3.99. The van der Waals surface area contributed by atoms with Crippen molar-refractivity contribution in [2.24, 2.45) is 5.92 Å². The fourth-order valence-electron chi connectivity index (χ4n) is 2.65. The second-order valence-electron chi connectivity index (χ2n) is 5.69. The predicted octanol–water partition coefficient (Wildman–Crippen LogP) is 3.62. The number of carbonyl (C=O) groups is 1. The number of rotatable bonds is 5. The molecule has 24 heavy (non-hydrogen) atoms. The lowest BCUT2D eigenvalue weighted by molar-refractivity contribution is -0.116. The van der Waals surface area contributed by atoms with Crippen LogP contribution in [0.25, 0.3) is 16.5 Å². The van der Waals surface area contributed by atoms with E-state index in [1.54, 1.807) is 24.3 Å². The van der Waals surface area contributed by atoms with Crippen LogP contribution in [0.5, 0.6) is 0 Å². The van der Waals surface area contributed by atoms with Gasteiger partial charge in [0.1, 0.15) is 5.82 Å². The standard InChI is InChI=1S/C19H18FNO2S/c20-17-4-2-1-3-16(17)18-9-7-15(24-18)8-10-19(23)21-14-6-5-13(11-14)12-22/h1-10,13-14,22H,11-12H2,(H,21,23)/b10-8+/t13-,14+/m0/s1. The lowest BCUT2D eigenvalue weighted by Crippen LogP contribution is -2.31. The summed E-state index contributed by atoms with van der Waals surface area (Å²) in [4.78, 5) is 13.7. The Hall–Kier alpha value is -2.24. The van der Waals surface area contributed by atoms with Gasteiger partial charge in [-0.05, 0) is 30.7 Å². The first-order valence-corrected chi connectivity index (χ1v) is 8.60. The van der Waals surface area contributed by atoms with Crippen molar-refractivity contribution in [3.8, 4) is 10.4 Å². The van der Waals surface area contributed by atoms with Crippen LogP contribution in [0.4, 0.5) is 4.39 Å². The van der Waals surface area contributed by atoms with Gasteiger partial charge in [0.2, 0.25) is 5.91 Å². The van der Waals surface area contributed by atoms with Crippen molar-refractivity contribution in [1.82, 2.24) is 5.32 Å². The molecule has 0 unspecified atom stereocenters. The molecule has 1 aromatic heterocycles. The van der Waals surface area contributed by atoms with Gasteiger partial charge in [0.05, 0.1) is 0 Å². The molecular weight excluding hydrogens is 325 g/mol. The van der Waals surface area contributed by atoms with Gasteiger partial charge in [-0.2, -0.15) is 0 Å². The summed E-state index contributed by atoms with van der Waals surface area (Å²) in [5.41, 5.74) is 0.567. The van der Waals surface area contributed by atoms with Crippen LogP contribution in [0.2, 0.25) is 0 Å². The Morgan fingerprint density at radius 2 is 2.12 bits per heavy atom. The maximum atomic E-state index is 13.8. The fraction of sp³-hybridized carbons (Fsp3) is 0.211. The van der Waals surface area contributed by atoms with E-state index < -0.39 is 0 Å². The number of benzene rings is 1. The van der Waals surface area contributed by atoms with E-state index in [1.807, 2.05) is 24.3 Å². The van der Waals surface area contributed by atoms with Gasteiger partial charge in [-0.1, -0.05) is 30.4 Å². The number of nitrogens with one attached hydrogen (secondary N) is 1. The van der Waals surface area contributed by atoms with E-state index in [-0.39, 0.29) is 30.3 Å². The van der Waals surface area contributed by atoms with E-state index in [0.29, 0.717) is 5.56 Å². The molecule has 0 bridgehead atoms. The molecule has 0 spiro atoms. The number of aliphatic hydroxyl groups excluding tert-OH is 1. The Balaban J connectivity index is 1.60. The highest BCUT2D eigenvalue weighted by atomic mass is 32.1. The molecule has 1 amide bonds. The van der Waals surface area contributed by atoms with E-state index >= 15 is 0 Å². The number of aliphatic hydroxyl groups is 1. The maximum Gasteiger partial charge on any atom is 0.244 e. The summed E-state index contributed by atoms with van der Waals surface area (Å²) in [5.74, 6) is -0.303. The Bertz CT molecular complexity index is 781. The third-order valence-corrected chi connectivity index (χ3v) is 4.98. The molecule has 124 valence electrons. The van der Waals surface area contributed by atoms with Crippen LogP contribution in [0.15, 0.2) is 54.6 Å². The summed E-state index contributed by atoms with van der Waals surface area (Å²) in [5, 5.41) is 12.0. The highest BCUT2D eigenvalue weighted by Crippen LogP contribution is 2.30. The van der Waals surface area contributed by atoms with Crippen LogP contribution < -0.4 is 5.32 Å². The molecule has 0 radical (unpaired) electrons. The quantitative estimate of drug-likeness (QED) is 0.643. The van der Waals surface area contributed by atoms with E-state index in [1.165, 1.54) is 23.5 Å². The Labute approximate surface area is 144 Å². The van der Waals surface area contributed by atoms with Crippen LogP contribution in [-0.2, 0) is 4.79 Å². The highest BCUT2D eigenvalue weighted by Gasteiger charge is 2.18. The first-order valence-electron chi connectivity index (χ1n) is 7.78. The molecule has 0 saturated heterocycles. The number of halogens is 1. The van der Waals surface area contributed by atoms with Gasteiger partial charge in [0.25, 0.3) is 0 Å². The Morgan fingerprint density at radius 1 is 1.29 bits per heavy atom. The van der Waals surface area contributed by atoms with Gasteiger partial charge in [-0.25, -0.2) is 4.39 Å². The van der Waals surface area contributed by atoms with Crippen LogP contribution >= 0.6 is 11.3 Å². The minimum Gasteiger partial charge on any atom is -0.396 e. The van der Waals surface area contributed by atoms with Gasteiger partial charge in [-0.3, -0.25) is 4.79 Å². The minimum atomic E-state index is -0.251. The van der Waals surface area contributed by atoms with Gasteiger partial charge < -0.3 is 10.4 Å². The zero-order chi connectivity index (χ0) is 16.9. The normalized spacial score (nSPS) is 19.9. The van der Waals surface area contributed by atoms with Crippen molar-refractivity contribution in [2.75, 3.05) is 6.61 Å². The van der Waals surface area contributed by atoms with Crippen molar-refractivity contribution < 1.29 is 14.3 Å². The van der Waals surface area contributed by atoms with E-state index in [9.17, 15) is 9.18 Å². The average molecular weight is 343 g/mol. The SMILES string of the molecule is O=C(/C=C/c1ccc(-c2ccccc2F)s1)N[C@@H]1C=C[C@H](CO)C1. The molecule has 3 rings (SSSR count). The number of thiophene rings is 1. The summed E-state index contributed by atoms with van der Waals surface area (Å²) < 4.78 is 13.8. The third-order valence-electron chi connectivity index (χ3n) is 3.90. The number of amides is 1. The molecule has 2 N–H and O–H groups in total. The van der Waals surface area contributed by atoms with Crippen LogP contribution in [0.1, 0.15) is 11.3 Å². The minimum absolute atomic E-state index is 0.0309. The predicted molar refractivity (Wildman–Crippen MR) is 95.0 cm³/mol. The molecule has 1 aliphatic carbocycles. The topological polar surface area (TPSA) is 49.3 Å². The highest BCUT2D eigenvalue weighted by molar-refractivity contribution is 7.16. The molecule has 3 nitrogen and oxygen atoms in total. The molecule has 2 atom stereocenters. The van der Waals surface area contributed by atoms with Crippen LogP contribution in [0.3, 0.4) is 0 Å². The summed E-state index contributed by atoms with van der Waals surface area (Å²) in [7, 11) is 0. The number of hydrogen-bond acceptors (Lipinski definition) is 3. The van der Waals surface area contributed by atoms with Gasteiger partial charge in [0.15, 0.2) is 0 Å². The van der Waals surface area contributed by atoms with E-state index in [0.717, 1.165) is 16.2 Å². The zero-order valence-corrected chi connectivity index (χ0v) is 13.8. The largest absolute Gasteiger partial charge is 0.396 e. The second kappa shape index (κ2) is 7.55. The lowest BCUT2D eigenvalue weighted by Gasteiger charge is -2.10. The van der Waals surface area contributed by atoms with E-state index in [2.05, 4.69) is 5.32 Å². The van der Waals surface area contributed by atoms with Gasteiger partial charge in [-0.15, -0.1) is 11.3 Å².